The minimum Gasteiger partial charge on any atom is -0.370 e. The number of nitrogens with two attached hydrogens (primary N) is 2. The first-order valence-corrected chi connectivity index (χ1v) is 26.6. The Hall–Kier alpha value is -7.13. The largest absolute Gasteiger partial charge is 0.370 e. The van der Waals surface area contributed by atoms with Crippen LogP contribution < -0.4 is 26.6 Å². The predicted octanol–water partition coefficient (Wildman–Crippen LogP) is 8.30. The summed E-state index contributed by atoms with van der Waals surface area (Å²) in [5.74, 6) is 1.43. The van der Waals surface area contributed by atoms with E-state index >= 15 is 0 Å². The molecule has 16 nitrogen and oxygen atoms in total. The van der Waals surface area contributed by atoms with Gasteiger partial charge in [0.1, 0.15) is 34.6 Å². The van der Waals surface area contributed by atoms with Gasteiger partial charge in [-0.05, 0) is 135 Å². The zero-order chi connectivity index (χ0) is 52.0. The number of aromatic nitrogens is 6. The van der Waals surface area contributed by atoms with E-state index in [1.165, 1.54) is 58.1 Å². The van der Waals surface area contributed by atoms with Gasteiger partial charge in [0.05, 0.1) is 29.3 Å². The number of benzene rings is 2. The number of fused-ring (bicyclic) bond motifs is 2. The lowest BCUT2D eigenvalue weighted by Crippen LogP contribution is -2.40. The van der Waals surface area contributed by atoms with Crippen LogP contribution in [0.2, 0.25) is 0 Å². The van der Waals surface area contributed by atoms with Crippen molar-refractivity contribution in [1.29, 1.82) is 0 Å². The Kier molecular flexibility index (Phi) is 16.1. The number of primary amides is 2. The number of nitrogens with one attached hydrogen (secondary N) is 1. The number of aryl methyl sites for hydroxylation is 2. The second-order valence-electron chi connectivity index (χ2n) is 19.1. The second kappa shape index (κ2) is 23.0. The van der Waals surface area contributed by atoms with Crippen LogP contribution in [0.15, 0.2) is 96.0 Å². The predicted molar refractivity (Wildman–Crippen MR) is 289 cm³/mol. The fourth-order valence-corrected chi connectivity index (χ4v) is 11.2. The summed E-state index contributed by atoms with van der Waals surface area (Å²) in [6.45, 7) is 4.23. The van der Waals surface area contributed by atoms with Gasteiger partial charge >= 0.3 is 0 Å². The monoisotopic (exact) mass is 1040 g/mol. The van der Waals surface area contributed by atoms with Crippen LogP contribution >= 0.6 is 22.7 Å². The van der Waals surface area contributed by atoms with Gasteiger partial charge in [-0.3, -0.25) is 28.1 Å². The number of nitrogens with zero attached hydrogens (tertiary/aromatic N) is 10. The highest BCUT2D eigenvalue weighted by molar-refractivity contribution is 7.14. The van der Waals surface area contributed by atoms with Gasteiger partial charge in [0.25, 0.3) is 0 Å². The van der Waals surface area contributed by atoms with Crippen LogP contribution in [0, 0.1) is 11.6 Å². The number of anilines is 4. The van der Waals surface area contributed by atoms with E-state index in [0.717, 1.165) is 119 Å². The van der Waals surface area contributed by atoms with Crippen LogP contribution in [-0.2, 0) is 27.2 Å². The van der Waals surface area contributed by atoms with E-state index in [-0.39, 0.29) is 42.2 Å². The van der Waals surface area contributed by atoms with Crippen LogP contribution in [0.1, 0.15) is 72.9 Å². The fraction of sp³-hybridized carbons (Fsp3) is 0.352. The van der Waals surface area contributed by atoms with Gasteiger partial charge in [-0.2, -0.15) is 0 Å². The van der Waals surface area contributed by atoms with Crippen molar-refractivity contribution < 1.29 is 23.2 Å². The molecule has 0 spiro atoms. The lowest BCUT2D eigenvalue weighted by Gasteiger charge is -2.32. The first-order chi connectivity index (χ1) is 35.7. The van der Waals surface area contributed by atoms with E-state index in [9.17, 15) is 23.2 Å². The molecule has 0 aliphatic carbocycles. The summed E-state index contributed by atoms with van der Waals surface area (Å²) < 4.78 is 30.9. The van der Waals surface area contributed by atoms with Crippen molar-refractivity contribution in [1.82, 2.24) is 43.9 Å². The molecule has 0 atom stereocenters. The highest BCUT2D eigenvalue weighted by atomic mass is 32.1. The summed E-state index contributed by atoms with van der Waals surface area (Å²) in [6.07, 6.45) is 9.75. The summed E-state index contributed by atoms with van der Waals surface area (Å²) >= 11 is 3.00. The molecule has 8 aromatic rings. The van der Waals surface area contributed by atoms with Crippen LogP contribution in [0.4, 0.5) is 30.7 Å². The molecule has 6 aromatic heterocycles. The summed E-state index contributed by atoms with van der Waals surface area (Å²) in [5, 5.41) is 8.88. The number of hydrogen-bond donors (Lipinski definition) is 3. The van der Waals surface area contributed by atoms with Gasteiger partial charge in [0.2, 0.25) is 17.7 Å². The quantitative estimate of drug-likeness (QED) is 0.0845. The fourth-order valence-electron chi connectivity index (χ4n) is 9.64. The number of imidazole rings is 2. The molecular formula is C54H61F2N13O3S2. The summed E-state index contributed by atoms with van der Waals surface area (Å²) in [4.78, 5) is 62.4. The number of amides is 3. The van der Waals surface area contributed by atoms with Crippen molar-refractivity contribution in [3.05, 3.63) is 130 Å². The SMILES string of the molecule is CN(C)C(=O)CN1CCC(c2ccc3nc(CCC(N)=O)c(N(C)c4nc(-c5ccc(F)cc5)cs4)n3c2)CC1.CN(c1nc(-c2ccc(F)cc2)cs1)c1c(CCC(N)=O)nc2ccc(C3CCNCC3)cn12. The molecule has 10 rings (SSSR count). The van der Waals surface area contributed by atoms with Gasteiger partial charge in [0.15, 0.2) is 10.3 Å². The van der Waals surface area contributed by atoms with Crippen molar-refractivity contribution in [2.75, 3.05) is 70.7 Å². The molecule has 0 bridgehead atoms. The second-order valence-corrected chi connectivity index (χ2v) is 20.8. The molecule has 0 radical (unpaired) electrons. The molecule has 0 saturated carbocycles. The van der Waals surface area contributed by atoms with Gasteiger partial charge < -0.3 is 31.5 Å². The van der Waals surface area contributed by atoms with Crippen molar-refractivity contribution in [2.45, 2.75) is 63.2 Å². The van der Waals surface area contributed by atoms with E-state index in [4.69, 9.17) is 31.4 Å². The Labute approximate surface area is 436 Å². The molecule has 8 heterocycles. The molecule has 2 aliphatic rings. The number of carbonyl (C=O) groups is 3. The molecule has 0 unspecified atom stereocenters. The summed E-state index contributed by atoms with van der Waals surface area (Å²) in [6, 6.07) is 21.0. The van der Waals surface area contributed by atoms with Crippen molar-refractivity contribution in [3.63, 3.8) is 0 Å². The third kappa shape index (κ3) is 11.9. The van der Waals surface area contributed by atoms with Crippen molar-refractivity contribution in [3.8, 4) is 22.5 Å². The molecule has 2 saturated heterocycles. The maximum Gasteiger partial charge on any atom is 0.236 e. The zero-order valence-corrected chi connectivity index (χ0v) is 43.6. The van der Waals surface area contributed by atoms with Crippen LogP contribution in [0.5, 0.6) is 0 Å². The number of hydrogen-bond acceptors (Lipinski definition) is 13. The lowest BCUT2D eigenvalue weighted by molar-refractivity contribution is -0.130. The number of likely N-dealkylation sites (tertiary alicyclic amines) is 1. The average molecular weight is 1040 g/mol. The maximum absolute atomic E-state index is 13.4. The molecule has 5 N–H and O–H groups in total. The first-order valence-electron chi connectivity index (χ1n) is 24.8. The molecule has 386 valence electrons. The third-order valence-electron chi connectivity index (χ3n) is 13.8. The molecule has 20 heteroatoms. The molecule has 2 fully saturated rings. The maximum atomic E-state index is 13.4. The molecule has 2 aliphatic heterocycles. The Morgan fingerprint density at radius 2 is 1.05 bits per heavy atom. The Bertz CT molecular complexity index is 3250. The minimum absolute atomic E-state index is 0.124. The number of thiazole rings is 2. The Morgan fingerprint density at radius 1 is 0.622 bits per heavy atom. The van der Waals surface area contributed by atoms with Crippen molar-refractivity contribution >= 4 is 73.6 Å². The van der Waals surface area contributed by atoms with E-state index in [1.54, 1.807) is 43.3 Å². The zero-order valence-electron chi connectivity index (χ0n) is 42.0. The minimum atomic E-state index is -0.376. The highest BCUT2D eigenvalue weighted by Crippen LogP contribution is 2.38. The number of halogens is 2. The number of carbonyl (C=O) groups excluding carboxylic acids is 3. The van der Waals surface area contributed by atoms with Crippen LogP contribution in [-0.4, -0.2) is 117 Å². The van der Waals surface area contributed by atoms with E-state index < -0.39 is 0 Å². The van der Waals surface area contributed by atoms with Crippen LogP contribution in [0.25, 0.3) is 33.8 Å². The molecule has 3 amide bonds. The highest BCUT2D eigenvalue weighted by Gasteiger charge is 2.27. The first kappa shape index (κ1) is 51.8. The van der Waals surface area contributed by atoms with E-state index in [2.05, 4.69) is 43.5 Å². The van der Waals surface area contributed by atoms with Crippen molar-refractivity contribution in [2.24, 2.45) is 11.5 Å². The molecule has 74 heavy (non-hydrogen) atoms. The summed E-state index contributed by atoms with van der Waals surface area (Å²) in [5.41, 5.74) is 19.9. The smallest absolute Gasteiger partial charge is 0.236 e. The normalized spacial score (nSPS) is 14.5. The van der Waals surface area contributed by atoms with Gasteiger partial charge in [-0.1, -0.05) is 12.1 Å². The lowest BCUT2D eigenvalue weighted by atomic mass is 9.90. The van der Waals surface area contributed by atoms with E-state index in [1.807, 2.05) is 46.8 Å². The Balaban J connectivity index is 0.000000184. The number of pyridine rings is 2. The molecular weight excluding hydrogens is 981 g/mol. The number of rotatable bonds is 16. The van der Waals surface area contributed by atoms with Crippen LogP contribution in [0.3, 0.4) is 0 Å². The van der Waals surface area contributed by atoms with Gasteiger partial charge in [0, 0.05) is 88.2 Å². The number of piperidine rings is 2. The standard InChI is InChI=1S/C29H34FN7O2S.C25H27FN6OS/c1-34(2)27(39)17-36-14-12-19(13-15-36)21-6-11-26-32-23(9-10-25(31)38)28(37(26)16-21)35(3)29-33-24(18-40-29)20-4-7-22(30)8-5-20;1-31(25-30-21(15-34-25)17-2-5-19(26)6-3-17)24-20(7-8-22(27)33)29-23-9-4-18(14-32(23)24)16-10-12-28-13-11-16/h4-8,11,16,18-19H,9-10,12-15,17H2,1-3H3,(H2,31,38);2-6,9,14-16,28H,7-8,10-13H2,1H3,(H2,27,33). The van der Waals surface area contributed by atoms with Gasteiger partial charge in [-0.15, -0.1) is 22.7 Å². The topological polar surface area (TPSA) is 189 Å². The third-order valence-corrected chi connectivity index (χ3v) is 15.6. The molecule has 2 aromatic carbocycles. The Morgan fingerprint density at radius 3 is 1.47 bits per heavy atom. The average Bonchev–Trinajstić information content (AvgIpc) is 4.23. The van der Waals surface area contributed by atoms with E-state index in [0.29, 0.717) is 31.2 Å². The number of likely N-dealkylation sites (N-methyl/N-ethyl adjacent to an activating group) is 1. The van der Waals surface area contributed by atoms with Gasteiger partial charge in [-0.25, -0.2) is 28.7 Å². The summed E-state index contributed by atoms with van der Waals surface area (Å²) in [7, 11) is 7.48.